The molecular formula is C6H3F5N2O. The minimum absolute atomic E-state index is 0.481. The maximum Gasteiger partial charge on any atom is 0.574 e. The average Bonchev–Trinajstić information content (AvgIpc) is 2.02. The van der Waals surface area contributed by atoms with Gasteiger partial charge in [0.1, 0.15) is 5.69 Å². The topological polar surface area (TPSA) is 35.0 Å². The second-order valence-corrected chi connectivity index (χ2v) is 2.13. The number of aromatic nitrogens is 2. The van der Waals surface area contributed by atoms with E-state index in [1.165, 1.54) is 0 Å². The van der Waals surface area contributed by atoms with Crippen LogP contribution in [0.25, 0.3) is 0 Å². The fraction of sp³-hybridized carbons (Fsp3) is 0.333. The SMILES string of the molecule is FC(F)c1cnc(OC(F)(F)F)cn1. The molecule has 0 fully saturated rings. The van der Waals surface area contributed by atoms with Gasteiger partial charge in [0.25, 0.3) is 6.43 Å². The minimum atomic E-state index is -4.90. The van der Waals surface area contributed by atoms with Crippen molar-refractivity contribution < 1.29 is 26.7 Å². The summed E-state index contributed by atoms with van der Waals surface area (Å²) in [4.78, 5) is 6.03. The molecule has 1 aromatic heterocycles. The molecular weight excluding hydrogens is 211 g/mol. The van der Waals surface area contributed by atoms with Crippen LogP contribution >= 0.6 is 0 Å². The van der Waals surface area contributed by atoms with Crippen molar-refractivity contribution >= 4 is 0 Å². The van der Waals surface area contributed by atoms with Crippen molar-refractivity contribution in [3.05, 3.63) is 18.1 Å². The van der Waals surface area contributed by atoms with Crippen LogP contribution < -0.4 is 4.74 Å². The zero-order valence-corrected chi connectivity index (χ0v) is 6.42. The van der Waals surface area contributed by atoms with Gasteiger partial charge < -0.3 is 4.74 Å². The number of hydrogen-bond donors (Lipinski definition) is 0. The Kier molecular flexibility index (Phi) is 2.82. The molecule has 0 bridgehead atoms. The van der Waals surface area contributed by atoms with E-state index < -0.39 is 24.4 Å². The Morgan fingerprint density at radius 3 is 2.14 bits per heavy atom. The highest BCUT2D eigenvalue weighted by molar-refractivity contribution is 5.08. The van der Waals surface area contributed by atoms with Crippen LogP contribution in [-0.2, 0) is 0 Å². The summed E-state index contributed by atoms with van der Waals surface area (Å²) < 4.78 is 61.7. The third-order valence-corrected chi connectivity index (χ3v) is 1.09. The number of ether oxygens (including phenoxy) is 1. The highest BCUT2D eigenvalue weighted by atomic mass is 19.4. The molecule has 1 rings (SSSR count). The normalized spacial score (nSPS) is 11.9. The lowest BCUT2D eigenvalue weighted by Crippen LogP contribution is -2.18. The van der Waals surface area contributed by atoms with E-state index in [0.29, 0.717) is 12.4 Å². The van der Waals surface area contributed by atoms with Crippen LogP contribution in [-0.4, -0.2) is 16.3 Å². The molecule has 0 radical (unpaired) electrons. The van der Waals surface area contributed by atoms with Crippen molar-refractivity contribution in [2.45, 2.75) is 12.8 Å². The highest BCUT2D eigenvalue weighted by Gasteiger charge is 2.32. The number of nitrogens with zero attached hydrogens (tertiary/aromatic N) is 2. The van der Waals surface area contributed by atoms with Gasteiger partial charge in [-0.2, -0.15) is 0 Å². The molecule has 0 aromatic carbocycles. The Hall–Kier alpha value is -1.47. The van der Waals surface area contributed by atoms with E-state index in [0.717, 1.165) is 0 Å². The van der Waals surface area contributed by atoms with E-state index in [4.69, 9.17) is 0 Å². The van der Waals surface area contributed by atoms with Gasteiger partial charge in [-0.25, -0.2) is 18.7 Å². The van der Waals surface area contributed by atoms with Gasteiger partial charge >= 0.3 is 6.36 Å². The van der Waals surface area contributed by atoms with E-state index in [1.807, 2.05) is 0 Å². The van der Waals surface area contributed by atoms with Gasteiger partial charge in [-0.3, -0.25) is 0 Å². The second kappa shape index (κ2) is 3.72. The molecule has 78 valence electrons. The smallest absolute Gasteiger partial charge is 0.386 e. The Balaban J connectivity index is 2.74. The van der Waals surface area contributed by atoms with Crippen molar-refractivity contribution in [3.8, 4) is 5.88 Å². The predicted molar refractivity (Wildman–Crippen MR) is 33.7 cm³/mol. The monoisotopic (exact) mass is 214 g/mol. The maximum atomic E-state index is 11.9. The second-order valence-electron chi connectivity index (χ2n) is 2.13. The lowest BCUT2D eigenvalue weighted by molar-refractivity contribution is -0.276. The first-order valence-corrected chi connectivity index (χ1v) is 3.24. The summed E-state index contributed by atoms with van der Waals surface area (Å²) in [6.45, 7) is 0. The molecule has 0 spiro atoms. The quantitative estimate of drug-likeness (QED) is 0.708. The average molecular weight is 214 g/mol. The molecule has 1 aromatic rings. The maximum absolute atomic E-state index is 11.9. The first-order valence-electron chi connectivity index (χ1n) is 3.24. The van der Waals surface area contributed by atoms with Crippen molar-refractivity contribution in [1.82, 2.24) is 9.97 Å². The molecule has 0 aliphatic rings. The van der Waals surface area contributed by atoms with Gasteiger partial charge in [-0.05, 0) is 0 Å². The minimum Gasteiger partial charge on any atom is -0.386 e. The van der Waals surface area contributed by atoms with Gasteiger partial charge in [0, 0.05) is 0 Å². The fourth-order valence-corrected chi connectivity index (χ4v) is 0.610. The van der Waals surface area contributed by atoms with Crippen molar-refractivity contribution in [1.29, 1.82) is 0 Å². The van der Waals surface area contributed by atoms with Crippen molar-refractivity contribution in [2.24, 2.45) is 0 Å². The fourth-order valence-electron chi connectivity index (χ4n) is 0.610. The number of hydrogen-bond acceptors (Lipinski definition) is 3. The van der Waals surface area contributed by atoms with Gasteiger partial charge in [-0.15, -0.1) is 13.2 Å². The molecule has 0 aliphatic carbocycles. The Morgan fingerprint density at radius 2 is 1.79 bits per heavy atom. The van der Waals surface area contributed by atoms with E-state index in [9.17, 15) is 22.0 Å². The molecule has 0 aliphatic heterocycles. The molecule has 1 heterocycles. The van der Waals surface area contributed by atoms with Crippen molar-refractivity contribution in [3.63, 3.8) is 0 Å². The number of rotatable bonds is 2. The zero-order valence-electron chi connectivity index (χ0n) is 6.42. The summed E-state index contributed by atoms with van der Waals surface area (Å²) in [6.07, 6.45) is -6.77. The number of alkyl halides is 5. The largest absolute Gasteiger partial charge is 0.574 e. The van der Waals surface area contributed by atoms with Crippen LogP contribution in [0.1, 0.15) is 12.1 Å². The van der Waals surface area contributed by atoms with E-state index >= 15 is 0 Å². The molecule has 14 heavy (non-hydrogen) atoms. The zero-order chi connectivity index (χ0) is 10.8. The lowest BCUT2D eigenvalue weighted by atomic mass is 10.5. The molecule has 0 amide bonds. The number of halogens is 5. The van der Waals surface area contributed by atoms with Crippen LogP contribution in [0.4, 0.5) is 22.0 Å². The first kappa shape index (κ1) is 10.6. The van der Waals surface area contributed by atoms with Crippen LogP contribution in [0.5, 0.6) is 5.88 Å². The van der Waals surface area contributed by atoms with Crippen molar-refractivity contribution in [2.75, 3.05) is 0 Å². The summed E-state index contributed by atoms with van der Waals surface area (Å²) in [5, 5.41) is 0. The molecule has 0 saturated heterocycles. The van der Waals surface area contributed by atoms with Gasteiger partial charge in [0.05, 0.1) is 12.4 Å². The van der Waals surface area contributed by atoms with Gasteiger partial charge in [0.15, 0.2) is 0 Å². The molecule has 0 unspecified atom stereocenters. The Morgan fingerprint density at radius 1 is 1.14 bits per heavy atom. The molecule has 3 nitrogen and oxygen atoms in total. The standard InChI is InChI=1S/C6H3F5N2O/c7-5(8)3-1-13-4(2-12-3)14-6(9,10)11/h1-2,5H. The van der Waals surface area contributed by atoms with Crippen LogP contribution in [0.2, 0.25) is 0 Å². The molecule has 0 N–H and O–H groups in total. The Labute approximate surface area is 74.5 Å². The van der Waals surface area contributed by atoms with Gasteiger partial charge in [-0.1, -0.05) is 0 Å². The Bertz CT molecular complexity index is 296. The van der Waals surface area contributed by atoms with E-state index in [-0.39, 0.29) is 0 Å². The summed E-state index contributed by atoms with van der Waals surface area (Å²) in [7, 11) is 0. The van der Waals surface area contributed by atoms with Crippen LogP contribution in [0.15, 0.2) is 12.4 Å². The van der Waals surface area contributed by atoms with Crippen LogP contribution in [0, 0.1) is 0 Å². The van der Waals surface area contributed by atoms with E-state index in [1.54, 1.807) is 0 Å². The van der Waals surface area contributed by atoms with Gasteiger partial charge in [0.2, 0.25) is 5.88 Å². The molecule has 0 saturated carbocycles. The summed E-state index contributed by atoms with van der Waals surface area (Å²) in [5.41, 5.74) is -0.709. The summed E-state index contributed by atoms with van der Waals surface area (Å²) in [5.74, 6) is -0.873. The van der Waals surface area contributed by atoms with E-state index in [2.05, 4.69) is 14.7 Å². The first-order chi connectivity index (χ1) is 6.38. The summed E-state index contributed by atoms with van der Waals surface area (Å²) in [6, 6.07) is 0. The molecule has 0 atom stereocenters. The third kappa shape index (κ3) is 3.11. The molecule has 8 heteroatoms. The predicted octanol–water partition coefficient (Wildman–Crippen LogP) is 2.31. The highest BCUT2D eigenvalue weighted by Crippen LogP contribution is 2.21. The van der Waals surface area contributed by atoms with Crippen LogP contribution in [0.3, 0.4) is 0 Å². The third-order valence-electron chi connectivity index (χ3n) is 1.09. The lowest BCUT2D eigenvalue weighted by Gasteiger charge is -2.07. The summed E-state index contributed by atoms with van der Waals surface area (Å²) >= 11 is 0.